The highest BCUT2D eigenvalue weighted by Crippen LogP contribution is 2.35. The van der Waals surface area contributed by atoms with Gasteiger partial charge >= 0.3 is 0 Å². The molecule has 0 heterocycles. The number of allylic oxidation sites excluding steroid dienone is 6. The van der Waals surface area contributed by atoms with Gasteiger partial charge in [-0.2, -0.15) is 5.26 Å². The van der Waals surface area contributed by atoms with Crippen LogP contribution in [0.2, 0.25) is 0 Å². The molecule has 2 rings (SSSR count). The molecule has 1 nitrogen and oxygen atoms in total. The molecule has 0 aliphatic heterocycles. The van der Waals surface area contributed by atoms with Gasteiger partial charge in [0.15, 0.2) is 0 Å². The van der Waals surface area contributed by atoms with Crippen molar-refractivity contribution in [1.82, 2.24) is 0 Å². The number of rotatable bonds is 10. The van der Waals surface area contributed by atoms with Crippen LogP contribution in [-0.4, -0.2) is 0 Å². The van der Waals surface area contributed by atoms with Gasteiger partial charge in [-0.15, -0.1) is 0 Å². The lowest BCUT2D eigenvalue weighted by Crippen LogP contribution is -2.15. The molecule has 0 aromatic rings. The maximum absolute atomic E-state index is 8.45. The van der Waals surface area contributed by atoms with E-state index in [9.17, 15) is 0 Å². The van der Waals surface area contributed by atoms with E-state index in [1.165, 1.54) is 89.5 Å². The summed E-state index contributed by atoms with van der Waals surface area (Å²) in [6, 6.07) is 2.02. The van der Waals surface area contributed by atoms with Crippen molar-refractivity contribution in [2.75, 3.05) is 0 Å². The van der Waals surface area contributed by atoms with Crippen molar-refractivity contribution < 1.29 is 0 Å². The Bertz CT molecular complexity index is 491. The molecule has 0 atom stereocenters. The molecule has 2 fully saturated rings. The minimum Gasteiger partial charge on any atom is -0.193 e. The minimum absolute atomic E-state index is 0.845. The third-order valence-electron chi connectivity index (χ3n) is 6.81. The normalized spacial score (nSPS) is 29.6. The average molecular weight is 368 g/mol. The summed E-state index contributed by atoms with van der Waals surface area (Å²) in [5, 5.41) is 8.45. The van der Waals surface area contributed by atoms with Gasteiger partial charge in [-0.05, 0) is 87.9 Å². The molecule has 1 heteroatoms. The first kappa shape index (κ1) is 22.0. The van der Waals surface area contributed by atoms with E-state index in [1.54, 1.807) is 0 Å². The molecular weight excluding hydrogens is 326 g/mol. The van der Waals surface area contributed by atoms with Crippen LogP contribution in [0.3, 0.4) is 0 Å². The van der Waals surface area contributed by atoms with Crippen molar-refractivity contribution in [2.45, 2.75) is 96.8 Å². The third kappa shape index (κ3) is 9.46. The molecule has 0 N–H and O–H groups in total. The predicted molar refractivity (Wildman–Crippen MR) is 117 cm³/mol. The molecule has 0 aromatic heterocycles. The molecule has 0 saturated heterocycles. The van der Waals surface area contributed by atoms with Crippen LogP contribution in [0.5, 0.6) is 0 Å². The summed E-state index contributed by atoms with van der Waals surface area (Å²) in [5.74, 6) is 3.66. The molecule has 0 radical (unpaired) electrons. The zero-order chi connectivity index (χ0) is 19.2. The summed E-state index contributed by atoms with van der Waals surface area (Å²) < 4.78 is 0. The van der Waals surface area contributed by atoms with Gasteiger partial charge in [-0.1, -0.05) is 63.0 Å². The Kier molecular flexibility index (Phi) is 11.3. The second kappa shape index (κ2) is 13.8. The van der Waals surface area contributed by atoms with E-state index in [-0.39, 0.29) is 0 Å². The summed E-state index contributed by atoms with van der Waals surface area (Å²) in [5.41, 5.74) is 0. The molecule has 2 saturated carbocycles. The van der Waals surface area contributed by atoms with E-state index < -0.39 is 0 Å². The van der Waals surface area contributed by atoms with Crippen molar-refractivity contribution in [3.8, 4) is 6.07 Å². The standard InChI is InChI=1S/C26H41N/c1-2-3-7-10-23-12-16-25(17-13-23)20-21-26-18-14-24(15-19-26)11-8-5-4-6-9-22-27/h4-6,9,20-21,23-26H,2-3,7-8,10-19H2,1H3. The fraction of sp³-hybridized carbons (Fsp3) is 0.731. The van der Waals surface area contributed by atoms with Crippen LogP contribution >= 0.6 is 0 Å². The Morgan fingerprint density at radius 3 is 1.93 bits per heavy atom. The molecule has 150 valence electrons. The second-order valence-electron chi connectivity index (χ2n) is 8.94. The molecule has 2 aliphatic rings. The number of nitriles is 1. The average Bonchev–Trinajstić information content (AvgIpc) is 2.71. The van der Waals surface area contributed by atoms with E-state index in [1.807, 2.05) is 18.2 Å². The number of hydrogen-bond donors (Lipinski definition) is 0. The summed E-state index contributed by atoms with van der Waals surface area (Å²) in [4.78, 5) is 0. The SMILES string of the molecule is CCCCCC1CCC(C=CC2CCC(CCC=CC=CC#N)CC2)CC1. The fourth-order valence-electron chi connectivity index (χ4n) is 4.94. The molecule has 0 spiro atoms. The Hall–Kier alpha value is -1.29. The highest BCUT2D eigenvalue weighted by molar-refractivity contribution is 5.11. The second-order valence-corrected chi connectivity index (χ2v) is 8.94. The van der Waals surface area contributed by atoms with Gasteiger partial charge in [0.1, 0.15) is 0 Å². The van der Waals surface area contributed by atoms with Gasteiger partial charge in [0.25, 0.3) is 0 Å². The quantitative estimate of drug-likeness (QED) is 0.165. The molecule has 2 aliphatic carbocycles. The van der Waals surface area contributed by atoms with Gasteiger partial charge in [0.2, 0.25) is 0 Å². The fourth-order valence-corrected chi connectivity index (χ4v) is 4.94. The Morgan fingerprint density at radius 2 is 1.37 bits per heavy atom. The monoisotopic (exact) mass is 367 g/mol. The molecule has 0 aromatic carbocycles. The molecule has 0 amide bonds. The first-order valence-electron chi connectivity index (χ1n) is 11.7. The maximum atomic E-state index is 8.45. The lowest BCUT2D eigenvalue weighted by Gasteiger charge is -2.29. The Balaban J connectivity index is 1.56. The summed E-state index contributed by atoms with van der Waals surface area (Å²) in [6.07, 6.45) is 32.4. The largest absolute Gasteiger partial charge is 0.193 e. The molecule has 0 bridgehead atoms. The highest BCUT2D eigenvalue weighted by atomic mass is 14.3. The highest BCUT2D eigenvalue weighted by Gasteiger charge is 2.21. The number of hydrogen-bond acceptors (Lipinski definition) is 1. The van der Waals surface area contributed by atoms with E-state index in [0.29, 0.717) is 0 Å². The van der Waals surface area contributed by atoms with Crippen molar-refractivity contribution in [2.24, 2.45) is 23.7 Å². The van der Waals surface area contributed by atoms with Gasteiger partial charge in [-0.25, -0.2) is 0 Å². The van der Waals surface area contributed by atoms with Crippen LogP contribution in [0.4, 0.5) is 0 Å². The molecular formula is C26H41N. The Morgan fingerprint density at radius 1 is 0.778 bits per heavy atom. The van der Waals surface area contributed by atoms with Gasteiger partial charge < -0.3 is 0 Å². The van der Waals surface area contributed by atoms with Crippen LogP contribution in [0.25, 0.3) is 0 Å². The lowest BCUT2D eigenvalue weighted by molar-refractivity contribution is 0.283. The number of nitrogens with zero attached hydrogens (tertiary/aromatic N) is 1. The van der Waals surface area contributed by atoms with Crippen LogP contribution in [0.15, 0.2) is 36.5 Å². The zero-order valence-electron chi connectivity index (χ0n) is 17.6. The predicted octanol–water partition coefficient (Wildman–Crippen LogP) is 8.15. The zero-order valence-corrected chi connectivity index (χ0v) is 17.6. The third-order valence-corrected chi connectivity index (χ3v) is 6.81. The first-order chi connectivity index (χ1) is 13.3. The van der Waals surface area contributed by atoms with Crippen LogP contribution in [0.1, 0.15) is 96.8 Å². The van der Waals surface area contributed by atoms with E-state index in [0.717, 1.165) is 30.1 Å². The van der Waals surface area contributed by atoms with Gasteiger partial charge in [-0.3, -0.25) is 0 Å². The van der Waals surface area contributed by atoms with E-state index in [2.05, 4.69) is 25.2 Å². The maximum Gasteiger partial charge on any atom is 0.0912 e. The summed E-state index contributed by atoms with van der Waals surface area (Å²) >= 11 is 0. The van der Waals surface area contributed by atoms with Gasteiger partial charge in [0.05, 0.1) is 6.07 Å². The van der Waals surface area contributed by atoms with E-state index >= 15 is 0 Å². The van der Waals surface area contributed by atoms with Crippen molar-refractivity contribution >= 4 is 0 Å². The Labute approximate surface area is 168 Å². The molecule has 0 unspecified atom stereocenters. The van der Waals surface area contributed by atoms with Crippen molar-refractivity contribution in [3.63, 3.8) is 0 Å². The summed E-state index contributed by atoms with van der Waals surface area (Å²) in [7, 11) is 0. The number of unbranched alkanes of at least 4 members (excludes halogenated alkanes) is 2. The lowest BCUT2D eigenvalue weighted by atomic mass is 9.77. The van der Waals surface area contributed by atoms with Crippen LogP contribution in [0, 0.1) is 35.0 Å². The van der Waals surface area contributed by atoms with Crippen LogP contribution in [-0.2, 0) is 0 Å². The molecule has 27 heavy (non-hydrogen) atoms. The minimum atomic E-state index is 0.845. The van der Waals surface area contributed by atoms with Crippen LogP contribution < -0.4 is 0 Å². The smallest absolute Gasteiger partial charge is 0.0912 e. The van der Waals surface area contributed by atoms with E-state index in [4.69, 9.17) is 5.26 Å². The summed E-state index contributed by atoms with van der Waals surface area (Å²) in [6.45, 7) is 2.31. The van der Waals surface area contributed by atoms with Gasteiger partial charge in [0, 0.05) is 6.08 Å². The first-order valence-corrected chi connectivity index (χ1v) is 11.7. The van der Waals surface area contributed by atoms with Crippen molar-refractivity contribution in [1.29, 1.82) is 5.26 Å². The van der Waals surface area contributed by atoms with Crippen molar-refractivity contribution in [3.05, 3.63) is 36.5 Å². The topological polar surface area (TPSA) is 23.8 Å².